The van der Waals surface area contributed by atoms with Crippen LogP contribution in [0.4, 0.5) is 11.4 Å². The molecule has 9 N–H and O–H groups in total. The fraction of sp³-hybridized carbons (Fsp3) is 0.345. The number of phenols is 1. The molecule has 0 bridgehead atoms. The van der Waals surface area contributed by atoms with Crippen LogP contribution in [0, 0.1) is 5.92 Å². The molecule has 0 saturated carbocycles. The standard InChI is InChI=1S/C29H33N5O9S/c1-33(2)17-10-16(32-44(42,43)13-8-6-5-7-9-13)22(35)18-14(17)11-28(31)12-15-21(34(3)4)24(37)19(27(30)40)25(38)29(15,41)26(39)20(28)23(18)36/h5-10,15,21,32,35,37,39,41H,11-12,31H2,1-4H3,(H2,30,40)/t15-,21?,28+,29?/m0/s1. The minimum absolute atomic E-state index is 0.107. The molecule has 44 heavy (non-hydrogen) atoms. The monoisotopic (exact) mass is 627 g/mol. The van der Waals surface area contributed by atoms with Crippen LogP contribution in [0.3, 0.4) is 0 Å². The summed E-state index contributed by atoms with van der Waals surface area (Å²) in [6.45, 7) is 0. The molecule has 0 radical (unpaired) electrons. The van der Waals surface area contributed by atoms with Crippen LogP contribution in [0.2, 0.25) is 0 Å². The molecular weight excluding hydrogens is 594 g/mol. The minimum Gasteiger partial charge on any atom is -0.510 e. The van der Waals surface area contributed by atoms with E-state index < -0.39 is 84.6 Å². The van der Waals surface area contributed by atoms with Crippen molar-refractivity contribution in [3.8, 4) is 5.75 Å². The third-order valence-electron chi connectivity index (χ3n) is 8.62. The predicted octanol–water partition coefficient (Wildman–Crippen LogP) is 0.0687. The molecule has 3 aliphatic rings. The van der Waals surface area contributed by atoms with Gasteiger partial charge in [0.05, 0.1) is 33.3 Å². The molecule has 15 heteroatoms. The second kappa shape index (κ2) is 10.1. The zero-order valence-corrected chi connectivity index (χ0v) is 25.1. The van der Waals surface area contributed by atoms with Gasteiger partial charge < -0.3 is 36.8 Å². The van der Waals surface area contributed by atoms with Crippen molar-refractivity contribution in [1.29, 1.82) is 0 Å². The van der Waals surface area contributed by atoms with E-state index in [0.717, 1.165) is 0 Å². The van der Waals surface area contributed by atoms with Gasteiger partial charge >= 0.3 is 0 Å². The summed E-state index contributed by atoms with van der Waals surface area (Å²) in [5, 5.41) is 45.7. The first-order valence-corrected chi connectivity index (χ1v) is 14.9. The lowest BCUT2D eigenvalue weighted by molar-refractivity contribution is -0.148. The summed E-state index contributed by atoms with van der Waals surface area (Å²) in [4.78, 5) is 42.9. The second-order valence-corrected chi connectivity index (χ2v) is 13.5. The second-order valence-electron chi connectivity index (χ2n) is 11.8. The van der Waals surface area contributed by atoms with Crippen molar-refractivity contribution in [2.24, 2.45) is 17.4 Å². The van der Waals surface area contributed by atoms with E-state index >= 15 is 0 Å². The predicted molar refractivity (Wildman–Crippen MR) is 159 cm³/mol. The summed E-state index contributed by atoms with van der Waals surface area (Å²) >= 11 is 0. The first-order valence-electron chi connectivity index (χ1n) is 13.5. The van der Waals surface area contributed by atoms with E-state index in [1.165, 1.54) is 49.3 Å². The molecular formula is C29H33N5O9S. The fourth-order valence-corrected chi connectivity index (χ4v) is 7.76. The molecule has 0 saturated heterocycles. The van der Waals surface area contributed by atoms with Gasteiger partial charge in [0.2, 0.25) is 5.78 Å². The summed E-state index contributed by atoms with van der Waals surface area (Å²) in [5.74, 6) is -7.75. The van der Waals surface area contributed by atoms with Gasteiger partial charge in [0, 0.05) is 25.7 Å². The highest BCUT2D eigenvalue weighted by Crippen LogP contribution is 2.54. The van der Waals surface area contributed by atoms with Gasteiger partial charge in [-0.15, -0.1) is 0 Å². The highest BCUT2D eigenvalue weighted by atomic mass is 32.2. The lowest BCUT2D eigenvalue weighted by atomic mass is 9.56. The number of hydrogen-bond donors (Lipinski definition) is 7. The Bertz CT molecular complexity index is 1800. The van der Waals surface area contributed by atoms with Crippen LogP contribution in [0.5, 0.6) is 5.75 Å². The Hall–Kier alpha value is -4.44. The van der Waals surface area contributed by atoms with Gasteiger partial charge in [0.25, 0.3) is 15.9 Å². The van der Waals surface area contributed by atoms with Crippen LogP contribution in [-0.4, -0.2) is 96.6 Å². The number of nitrogens with two attached hydrogens (primary N) is 2. The third-order valence-corrected chi connectivity index (χ3v) is 10.0. The Morgan fingerprint density at radius 2 is 1.68 bits per heavy atom. The fourth-order valence-electron chi connectivity index (χ4n) is 6.68. The molecule has 0 aliphatic heterocycles. The first kappa shape index (κ1) is 31.0. The normalized spacial score (nSPS) is 26.7. The maximum atomic E-state index is 14.2. The number of sulfonamides is 1. The average Bonchev–Trinajstić information content (AvgIpc) is 2.92. The Morgan fingerprint density at radius 3 is 2.23 bits per heavy atom. The topological polar surface area (TPSA) is 237 Å². The van der Waals surface area contributed by atoms with E-state index in [-0.39, 0.29) is 29.0 Å². The van der Waals surface area contributed by atoms with Crippen molar-refractivity contribution < 1.29 is 43.2 Å². The van der Waals surface area contributed by atoms with E-state index in [2.05, 4.69) is 4.72 Å². The molecule has 2 aromatic rings. The van der Waals surface area contributed by atoms with Crippen molar-refractivity contribution in [2.45, 2.75) is 34.9 Å². The van der Waals surface area contributed by atoms with E-state index in [1.807, 2.05) is 0 Å². The molecule has 1 amide bonds. The number of ketones is 2. The van der Waals surface area contributed by atoms with Crippen molar-refractivity contribution in [3.05, 3.63) is 70.2 Å². The van der Waals surface area contributed by atoms with Crippen LogP contribution < -0.4 is 21.1 Å². The smallest absolute Gasteiger partial charge is 0.262 e. The molecule has 4 atom stereocenters. The number of primary amides is 1. The summed E-state index contributed by atoms with van der Waals surface area (Å²) in [6, 6.07) is 7.47. The number of aromatic hydroxyl groups is 1. The number of rotatable bonds is 6. The Kier molecular flexibility index (Phi) is 7.08. The van der Waals surface area contributed by atoms with Crippen molar-refractivity contribution in [3.63, 3.8) is 0 Å². The summed E-state index contributed by atoms with van der Waals surface area (Å²) in [7, 11) is 2.06. The molecule has 5 rings (SSSR count). The summed E-state index contributed by atoms with van der Waals surface area (Å²) in [6.07, 6.45) is -0.525. The number of carbonyl (C=O) groups excluding carboxylic acids is 3. The summed E-state index contributed by atoms with van der Waals surface area (Å²) in [5.41, 5.74) is 5.87. The number of fused-ring (bicyclic) bond motifs is 3. The largest absolute Gasteiger partial charge is 0.510 e. The highest BCUT2D eigenvalue weighted by molar-refractivity contribution is 7.92. The molecule has 0 spiro atoms. The molecule has 234 valence electrons. The van der Waals surface area contributed by atoms with Gasteiger partial charge in [0.1, 0.15) is 17.1 Å². The lowest BCUT2D eigenvalue weighted by Gasteiger charge is -2.53. The van der Waals surface area contributed by atoms with Gasteiger partial charge in [-0.3, -0.25) is 24.0 Å². The lowest BCUT2D eigenvalue weighted by Crippen LogP contribution is -2.68. The number of Topliss-reactive ketones (excluding diaryl/α,β-unsaturated/α-hetero) is 2. The van der Waals surface area contributed by atoms with Crippen LogP contribution in [0.1, 0.15) is 22.3 Å². The number of aliphatic hydroxyl groups excluding tert-OH is 2. The van der Waals surface area contributed by atoms with Gasteiger partial charge in [-0.05, 0) is 50.7 Å². The maximum absolute atomic E-state index is 14.2. The Balaban J connectivity index is 1.74. The Morgan fingerprint density at radius 1 is 1.07 bits per heavy atom. The van der Waals surface area contributed by atoms with Gasteiger partial charge in [-0.1, -0.05) is 18.2 Å². The third kappa shape index (κ3) is 4.26. The molecule has 2 aromatic carbocycles. The van der Waals surface area contributed by atoms with Gasteiger partial charge in [-0.25, -0.2) is 8.42 Å². The zero-order valence-electron chi connectivity index (χ0n) is 24.3. The van der Waals surface area contributed by atoms with E-state index in [0.29, 0.717) is 5.69 Å². The molecule has 0 fully saturated rings. The van der Waals surface area contributed by atoms with Gasteiger partial charge in [-0.2, -0.15) is 0 Å². The molecule has 0 heterocycles. The van der Waals surface area contributed by atoms with E-state index in [9.17, 15) is 43.2 Å². The Labute approximate surface area is 252 Å². The molecule has 2 unspecified atom stereocenters. The number of aliphatic hydroxyl groups is 3. The minimum atomic E-state index is -4.22. The van der Waals surface area contributed by atoms with Crippen LogP contribution in [-0.2, 0) is 26.0 Å². The number of nitrogens with zero attached hydrogens (tertiary/aromatic N) is 2. The maximum Gasteiger partial charge on any atom is 0.262 e. The number of carbonyl (C=O) groups is 3. The SMILES string of the molecule is CN(C)c1cc(NS(=O)(=O)c2ccccc2)c(O)c2c1C[C@@]1(N)C[C@H]3C(N(C)C)C(O)=C(C(N)=O)C(=O)C3(O)C(O)=C1C2=O. The molecule has 0 aromatic heterocycles. The number of likely N-dealkylation sites (N-methyl/N-ethyl adjacent to an activating group) is 1. The summed E-state index contributed by atoms with van der Waals surface area (Å²) < 4.78 is 28.5. The van der Waals surface area contributed by atoms with E-state index in [4.69, 9.17) is 11.5 Å². The number of amides is 1. The molecule has 3 aliphatic carbocycles. The number of hydrogen-bond acceptors (Lipinski definition) is 12. The van der Waals surface area contributed by atoms with E-state index in [1.54, 1.807) is 25.1 Å². The van der Waals surface area contributed by atoms with Crippen molar-refractivity contribution in [1.82, 2.24) is 4.90 Å². The quantitative estimate of drug-likeness (QED) is 0.166. The highest BCUT2D eigenvalue weighted by Gasteiger charge is 2.66. The zero-order chi connectivity index (χ0) is 32.7. The van der Waals surface area contributed by atoms with Crippen LogP contribution in [0.25, 0.3) is 0 Å². The van der Waals surface area contributed by atoms with Crippen LogP contribution in [0.15, 0.2) is 64.0 Å². The van der Waals surface area contributed by atoms with Crippen LogP contribution >= 0.6 is 0 Å². The number of benzene rings is 2. The van der Waals surface area contributed by atoms with Gasteiger partial charge in [0.15, 0.2) is 17.1 Å². The number of nitrogens with one attached hydrogen (secondary N) is 1. The average molecular weight is 628 g/mol. The number of phenolic OH excluding ortho intramolecular Hbond substituents is 1. The van der Waals surface area contributed by atoms with Crippen molar-refractivity contribution in [2.75, 3.05) is 37.8 Å². The first-order chi connectivity index (χ1) is 20.4. The number of anilines is 2. The molecule has 14 nitrogen and oxygen atoms in total. The van der Waals surface area contributed by atoms with Crippen molar-refractivity contribution >= 4 is 38.9 Å².